The molecule has 128 valence electrons. The molecule has 24 heavy (non-hydrogen) atoms. The summed E-state index contributed by atoms with van der Waals surface area (Å²) in [6.07, 6.45) is -4.70. The molecule has 1 aliphatic heterocycles. The Labute approximate surface area is 135 Å². The number of nitrogens with one attached hydrogen (secondary N) is 1. The smallest absolute Gasteiger partial charge is 0.394 e. The number of aliphatic carboxylic acids is 1. The van der Waals surface area contributed by atoms with Gasteiger partial charge in [-0.3, -0.25) is 4.79 Å². The van der Waals surface area contributed by atoms with Gasteiger partial charge in [0.15, 0.2) is 0 Å². The van der Waals surface area contributed by atoms with Crippen LogP contribution >= 0.6 is 0 Å². The van der Waals surface area contributed by atoms with E-state index in [0.29, 0.717) is 11.3 Å². The number of nitrogens with zero attached hydrogens (tertiary/aromatic N) is 2. The van der Waals surface area contributed by atoms with Crippen LogP contribution in [0.2, 0.25) is 0 Å². The number of anilines is 1. The third kappa shape index (κ3) is 3.59. The number of nitriles is 1. The maximum absolute atomic E-state index is 12.9. The molecule has 1 heterocycles. The van der Waals surface area contributed by atoms with Crippen LogP contribution in [0.15, 0.2) is 18.2 Å². The molecule has 0 radical (unpaired) electrons. The minimum Gasteiger partial charge on any atom is -0.481 e. The Balaban J connectivity index is 2.17. The summed E-state index contributed by atoms with van der Waals surface area (Å²) in [7, 11) is 0. The number of hydrogen-bond acceptors (Lipinski definition) is 3. The van der Waals surface area contributed by atoms with Crippen molar-refractivity contribution in [2.45, 2.75) is 13.1 Å². The fraction of sp³-hybridized carbons (Fsp3) is 0.400. The Bertz CT molecular complexity index is 712. The van der Waals surface area contributed by atoms with E-state index in [1.165, 1.54) is 6.07 Å². The van der Waals surface area contributed by atoms with E-state index in [-0.39, 0.29) is 5.56 Å². The summed E-state index contributed by atoms with van der Waals surface area (Å²) in [5, 5.41) is 20.2. The fourth-order valence-electron chi connectivity index (χ4n) is 2.57. The van der Waals surface area contributed by atoms with E-state index in [1.54, 1.807) is 19.1 Å². The lowest BCUT2D eigenvalue weighted by Gasteiger charge is -2.19. The quantitative estimate of drug-likeness (QED) is 0.865. The van der Waals surface area contributed by atoms with E-state index in [2.05, 4.69) is 5.32 Å². The van der Waals surface area contributed by atoms with Crippen LogP contribution < -0.4 is 5.32 Å². The minimum absolute atomic E-state index is 0.286. The summed E-state index contributed by atoms with van der Waals surface area (Å²) in [6.45, 7) is 0.422. The number of carbonyl (C=O) groups is 2. The van der Waals surface area contributed by atoms with Gasteiger partial charge in [0.2, 0.25) is 0 Å². The van der Waals surface area contributed by atoms with Crippen molar-refractivity contribution >= 4 is 17.7 Å². The summed E-state index contributed by atoms with van der Waals surface area (Å²) in [6, 6.07) is 5.61. The highest BCUT2D eigenvalue weighted by Crippen LogP contribution is 2.38. The molecule has 6 nitrogen and oxygen atoms in total. The molecular weight excluding hydrogens is 327 g/mol. The highest BCUT2D eigenvalue weighted by atomic mass is 19.4. The van der Waals surface area contributed by atoms with Crippen molar-refractivity contribution in [3.8, 4) is 6.07 Å². The summed E-state index contributed by atoms with van der Waals surface area (Å²) in [5.41, 5.74) is 1.21. The first kappa shape index (κ1) is 17.6. The average Bonchev–Trinajstić information content (AvgIpc) is 2.95. The first-order valence-electron chi connectivity index (χ1n) is 6.99. The molecule has 0 aromatic heterocycles. The Morgan fingerprint density at radius 1 is 1.38 bits per heavy atom. The normalized spacial score (nSPS) is 20.5. The van der Waals surface area contributed by atoms with Crippen molar-refractivity contribution in [2.75, 3.05) is 18.4 Å². The number of amides is 2. The van der Waals surface area contributed by atoms with Crippen LogP contribution in [-0.4, -0.2) is 41.3 Å². The van der Waals surface area contributed by atoms with Crippen LogP contribution in [0, 0.1) is 30.1 Å². The van der Waals surface area contributed by atoms with Gasteiger partial charge in [-0.15, -0.1) is 0 Å². The van der Waals surface area contributed by atoms with Gasteiger partial charge in [-0.1, -0.05) is 6.07 Å². The molecule has 2 atom stereocenters. The molecule has 9 heteroatoms. The molecule has 1 aromatic carbocycles. The second-order valence-corrected chi connectivity index (χ2v) is 5.57. The zero-order chi connectivity index (χ0) is 18.1. The first-order valence-corrected chi connectivity index (χ1v) is 6.99. The molecule has 1 fully saturated rings. The SMILES string of the molecule is Cc1ccc(C#N)cc1NC(=O)N1C[C@@H](C(F)(F)F)[C@H](C(=O)O)C1. The minimum atomic E-state index is -4.70. The molecule has 2 rings (SSSR count). The number of benzene rings is 1. The zero-order valence-corrected chi connectivity index (χ0v) is 12.6. The number of carboxylic acids is 1. The average molecular weight is 341 g/mol. The lowest BCUT2D eigenvalue weighted by Crippen LogP contribution is -2.35. The first-order chi connectivity index (χ1) is 11.1. The van der Waals surface area contributed by atoms with Crippen molar-refractivity contribution < 1.29 is 27.9 Å². The van der Waals surface area contributed by atoms with Gasteiger partial charge in [-0.05, 0) is 24.6 Å². The molecule has 0 aliphatic carbocycles. The van der Waals surface area contributed by atoms with E-state index in [4.69, 9.17) is 10.4 Å². The van der Waals surface area contributed by atoms with Crippen LogP contribution in [0.5, 0.6) is 0 Å². The van der Waals surface area contributed by atoms with Crippen molar-refractivity contribution in [2.24, 2.45) is 11.8 Å². The Kier molecular flexibility index (Phi) is 4.68. The summed E-state index contributed by atoms with van der Waals surface area (Å²) in [4.78, 5) is 24.0. The van der Waals surface area contributed by atoms with Crippen molar-refractivity contribution in [3.63, 3.8) is 0 Å². The van der Waals surface area contributed by atoms with Crippen LogP contribution in [0.3, 0.4) is 0 Å². The van der Waals surface area contributed by atoms with Crippen LogP contribution in [0.4, 0.5) is 23.7 Å². The maximum Gasteiger partial charge on any atom is 0.394 e. The van der Waals surface area contributed by atoms with Crippen molar-refractivity contribution in [3.05, 3.63) is 29.3 Å². The predicted octanol–water partition coefficient (Wildman–Crippen LogP) is 2.59. The topological polar surface area (TPSA) is 93.4 Å². The largest absolute Gasteiger partial charge is 0.481 e. The summed E-state index contributed by atoms with van der Waals surface area (Å²) < 4.78 is 38.8. The van der Waals surface area contributed by atoms with E-state index >= 15 is 0 Å². The lowest BCUT2D eigenvalue weighted by molar-refractivity contribution is -0.187. The number of alkyl halides is 3. The van der Waals surface area contributed by atoms with Crippen LogP contribution in [-0.2, 0) is 4.79 Å². The van der Waals surface area contributed by atoms with Crippen molar-refractivity contribution in [1.82, 2.24) is 4.90 Å². The van der Waals surface area contributed by atoms with Gasteiger partial charge in [-0.2, -0.15) is 18.4 Å². The zero-order valence-electron chi connectivity index (χ0n) is 12.6. The molecular formula is C15H14F3N3O3. The summed E-state index contributed by atoms with van der Waals surface area (Å²) in [5.74, 6) is -5.38. The molecule has 1 aromatic rings. The molecule has 0 saturated carbocycles. The second-order valence-electron chi connectivity index (χ2n) is 5.57. The number of rotatable bonds is 2. The number of aryl methyl sites for hydroxylation is 1. The van der Waals surface area contributed by atoms with Gasteiger partial charge in [0.05, 0.1) is 23.5 Å². The molecule has 2 amide bonds. The Hall–Kier alpha value is -2.76. The van der Waals surface area contributed by atoms with Gasteiger partial charge in [0, 0.05) is 18.8 Å². The number of urea groups is 1. The highest BCUT2D eigenvalue weighted by Gasteiger charge is 2.53. The third-order valence-electron chi connectivity index (χ3n) is 3.95. The van der Waals surface area contributed by atoms with Gasteiger partial charge in [-0.25, -0.2) is 4.79 Å². The van der Waals surface area contributed by atoms with E-state index < -0.39 is 43.1 Å². The van der Waals surface area contributed by atoms with Crippen LogP contribution in [0.25, 0.3) is 0 Å². The van der Waals surface area contributed by atoms with Crippen LogP contribution in [0.1, 0.15) is 11.1 Å². The maximum atomic E-state index is 12.9. The number of likely N-dealkylation sites (tertiary alicyclic amines) is 1. The highest BCUT2D eigenvalue weighted by molar-refractivity contribution is 5.91. The Morgan fingerprint density at radius 2 is 2.04 bits per heavy atom. The summed E-state index contributed by atoms with van der Waals surface area (Å²) >= 11 is 0. The monoisotopic (exact) mass is 341 g/mol. The molecule has 0 unspecified atom stereocenters. The van der Waals surface area contributed by atoms with Crippen molar-refractivity contribution in [1.29, 1.82) is 5.26 Å². The molecule has 2 N–H and O–H groups in total. The van der Waals surface area contributed by atoms with Gasteiger partial charge < -0.3 is 15.3 Å². The molecule has 0 bridgehead atoms. The van der Waals surface area contributed by atoms with Gasteiger partial charge >= 0.3 is 18.2 Å². The fourth-order valence-corrected chi connectivity index (χ4v) is 2.57. The number of carbonyl (C=O) groups excluding carboxylic acids is 1. The van der Waals surface area contributed by atoms with Gasteiger partial charge in [0.25, 0.3) is 0 Å². The predicted molar refractivity (Wildman–Crippen MR) is 77.2 cm³/mol. The standard InChI is InChI=1S/C15H14F3N3O3/c1-8-2-3-9(5-19)4-12(8)20-14(24)21-6-10(13(22)23)11(7-21)15(16,17)18/h2-4,10-11H,6-7H2,1H3,(H,20,24)(H,22,23)/t10-,11-/m1/s1. The van der Waals surface area contributed by atoms with Gasteiger partial charge in [0.1, 0.15) is 0 Å². The van der Waals surface area contributed by atoms with E-state index in [9.17, 15) is 22.8 Å². The van der Waals surface area contributed by atoms with E-state index in [1.807, 2.05) is 6.07 Å². The lowest BCUT2D eigenvalue weighted by atomic mass is 9.96. The molecule has 1 saturated heterocycles. The Morgan fingerprint density at radius 3 is 2.54 bits per heavy atom. The molecule has 1 aliphatic rings. The number of hydrogen-bond donors (Lipinski definition) is 2. The van der Waals surface area contributed by atoms with E-state index in [0.717, 1.165) is 4.90 Å². The number of carboxylic acid groups (broad SMARTS) is 1. The second kappa shape index (κ2) is 6.39. The third-order valence-corrected chi connectivity index (χ3v) is 3.95. The number of halogens is 3. The molecule has 0 spiro atoms.